The molecule has 6 nitrogen and oxygen atoms in total. The summed E-state index contributed by atoms with van der Waals surface area (Å²) in [6.45, 7) is 5.72. The number of aliphatic carboxylic acids is 1. The summed E-state index contributed by atoms with van der Waals surface area (Å²) in [4.78, 5) is 18.7. The van der Waals surface area contributed by atoms with Gasteiger partial charge in [-0.15, -0.1) is 0 Å². The van der Waals surface area contributed by atoms with Crippen molar-refractivity contribution in [1.29, 1.82) is 0 Å². The Morgan fingerprint density at radius 1 is 1.19 bits per heavy atom. The van der Waals surface area contributed by atoms with Crippen LogP contribution in [0, 0.1) is 19.7 Å². The maximum absolute atomic E-state index is 14.2. The van der Waals surface area contributed by atoms with Crippen LogP contribution in [-0.2, 0) is 11.3 Å². The summed E-state index contributed by atoms with van der Waals surface area (Å²) >= 11 is 6.36. The number of rotatable bonds is 5. The van der Waals surface area contributed by atoms with E-state index in [4.69, 9.17) is 22.3 Å². The lowest BCUT2D eigenvalue weighted by atomic mass is 10.1. The minimum atomic E-state index is -1.23. The molecular formula is C23H26ClFN4O2. The number of aryl methyl sites for hydroxylation is 2. The Labute approximate surface area is 185 Å². The van der Waals surface area contributed by atoms with E-state index in [2.05, 4.69) is 4.90 Å². The number of nitrogens with two attached hydrogens (primary N) is 1. The van der Waals surface area contributed by atoms with Crippen LogP contribution in [0.3, 0.4) is 0 Å². The number of fused-ring (bicyclic) bond motifs is 1. The third-order valence-electron chi connectivity index (χ3n) is 5.91. The number of imidazole rings is 1. The number of carboxylic acids is 1. The summed E-state index contributed by atoms with van der Waals surface area (Å²) < 4.78 is 16.2. The molecule has 0 amide bonds. The summed E-state index contributed by atoms with van der Waals surface area (Å²) in [5.74, 6) is -0.578. The Morgan fingerprint density at radius 3 is 2.45 bits per heavy atom. The first-order valence-corrected chi connectivity index (χ1v) is 10.8. The molecule has 1 unspecified atom stereocenters. The summed E-state index contributed by atoms with van der Waals surface area (Å²) in [5.41, 5.74) is 9.72. The maximum atomic E-state index is 14.2. The highest BCUT2D eigenvalue weighted by molar-refractivity contribution is 6.31. The molecule has 1 aliphatic rings. The van der Waals surface area contributed by atoms with Crippen molar-refractivity contribution in [3.63, 3.8) is 0 Å². The second kappa shape index (κ2) is 8.48. The first-order valence-electron chi connectivity index (χ1n) is 10.4. The van der Waals surface area contributed by atoms with Crippen molar-refractivity contribution >= 4 is 34.6 Å². The van der Waals surface area contributed by atoms with Gasteiger partial charge < -0.3 is 20.3 Å². The Bertz CT molecular complexity index is 1130. The lowest BCUT2D eigenvalue weighted by Crippen LogP contribution is -2.32. The van der Waals surface area contributed by atoms with Crippen molar-refractivity contribution in [1.82, 2.24) is 9.55 Å². The second-order valence-electron chi connectivity index (χ2n) is 8.27. The van der Waals surface area contributed by atoms with Gasteiger partial charge >= 0.3 is 5.97 Å². The van der Waals surface area contributed by atoms with Crippen LogP contribution in [0.15, 0.2) is 24.3 Å². The summed E-state index contributed by atoms with van der Waals surface area (Å²) in [6, 6.07) is 5.81. The molecule has 0 radical (unpaired) electrons. The molecule has 1 fully saturated rings. The molecule has 0 spiro atoms. The lowest BCUT2D eigenvalue weighted by Gasteiger charge is -2.28. The SMILES string of the molecule is Cc1cc(Cn2c(N3CCCCC3)nc3c(C(N)C(=O)O)cc(Cl)cc32)cc(C)c1F. The molecule has 4 rings (SSSR count). The lowest BCUT2D eigenvalue weighted by molar-refractivity contribution is -0.138. The molecule has 2 heterocycles. The summed E-state index contributed by atoms with van der Waals surface area (Å²) in [6.07, 6.45) is 3.31. The van der Waals surface area contributed by atoms with Gasteiger partial charge in [-0.1, -0.05) is 23.7 Å². The molecule has 0 saturated carbocycles. The standard InChI is InChI=1S/C23H26ClFN4O2/c1-13-8-15(9-14(2)19(13)25)12-29-18-11-16(24)10-17(20(26)22(30)31)21(18)27-23(29)28-6-4-3-5-7-28/h8-11,20H,3-7,12,26H2,1-2H3,(H,30,31). The summed E-state index contributed by atoms with van der Waals surface area (Å²) in [5, 5.41) is 9.88. The second-order valence-corrected chi connectivity index (χ2v) is 8.70. The normalized spacial score (nSPS) is 15.5. The van der Waals surface area contributed by atoms with E-state index in [0.717, 1.165) is 43.0 Å². The van der Waals surface area contributed by atoms with Crippen LogP contribution in [-0.4, -0.2) is 33.7 Å². The van der Waals surface area contributed by atoms with Gasteiger partial charge in [-0.25, -0.2) is 9.37 Å². The highest BCUT2D eigenvalue weighted by atomic mass is 35.5. The van der Waals surface area contributed by atoms with Crippen molar-refractivity contribution in [2.24, 2.45) is 5.73 Å². The van der Waals surface area contributed by atoms with E-state index in [1.165, 1.54) is 6.42 Å². The molecule has 3 N–H and O–H groups in total. The van der Waals surface area contributed by atoms with Gasteiger partial charge in [0.25, 0.3) is 0 Å². The van der Waals surface area contributed by atoms with Crippen molar-refractivity contribution in [3.8, 4) is 0 Å². The average molecular weight is 445 g/mol. The van der Waals surface area contributed by atoms with Crippen LogP contribution >= 0.6 is 11.6 Å². The third kappa shape index (κ3) is 4.12. The number of hydrogen-bond acceptors (Lipinski definition) is 4. The van der Waals surface area contributed by atoms with Gasteiger partial charge in [0, 0.05) is 23.7 Å². The van der Waals surface area contributed by atoms with Crippen molar-refractivity contribution in [3.05, 3.63) is 57.4 Å². The van der Waals surface area contributed by atoms with Gasteiger partial charge in [0.05, 0.1) is 17.6 Å². The van der Waals surface area contributed by atoms with E-state index in [1.807, 2.05) is 16.7 Å². The first-order chi connectivity index (χ1) is 14.8. The molecule has 1 aromatic heterocycles. The van der Waals surface area contributed by atoms with E-state index in [9.17, 15) is 14.3 Å². The Balaban J connectivity index is 1.91. The number of benzene rings is 2. The number of hydrogen-bond donors (Lipinski definition) is 2. The van der Waals surface area contributed by atoms with Crippen molar-refractivity contribution in [2.75, 3.05) is 18.0 Å². The Kier molecular flexibility index (Phi) is 5.90. The smallest absolute Gasteiger partial charge is 0.325 e. The van der Waals surface area contributed by atoms with Gasteiger partial charge in [0.2, 0.25) is 5.95 Å². The summed E-state index contributed by atoms with van der Waals surface area (Å²) in [7, 11) is 0. The topological polar surface area (TPSA) is 84.4 Å². The molecule has 0 aliphatic carbocycles. The highest BCUT2D eigenvalue weighted by Gasteiger charge is 2.25. The molecular weight excluding hydrogens is 419 g/mol. The maximum Gasteiger partial charge on any atom is 0.325 e. The van der Waals surface area contributed by atoms with Crippen LogP contribution in [0.2, 0.25) is 5.02 Å². The monoisotopic (exact) mass is 444 g/mol. The molecule has 31 heavy (non-hydrogen) atoms. The number of carbonyl (C=O) groups is 1. The van der Waals surface area contributed by atoms with Crippen LogP contribution in [0.5, 0.6) is 0 Å². The predicted octanol–water partition coefficient (Wildman–Crippen LogP) is 4.57. The molecule has 0 bridgehead atoms. The zero-order valence-corrected chi connectivity index (χ0v) is 18.4. The number of nitrogens with zero attached hydrogens (tertiary/aromatic N) is 3. The van der Waals surface area contributed by atoms with Gasteiger partial charge in [-0.3, -0.25) is 4.79 Å². The van der Waals surface area contributed by atoms with Crippen LogP contribution in [0.4, 0.5) is 10.3 Å². The number of anilines is 1. The molecule has 164 valence electrons. The first kappa shape index (κ1) is 21.6. The zero-order chi connectivity index (χ0) is 22.3. The zero-order valence-electron chi connectivity index (χ0n) is 17.7. The molecule has 1 aliphatic heterocycles. The largest absolute Gasteiger partial charge is 0.480 e. The minimum absolute atomic E-state index is 0.201. The molecule has 3 aromatic rings. The van der Waals surface area contributed by atoms with E-state index >= 15 is 0 Å². The fraction of sp³-hybridized carbons (Fsp3) is 0.391. The average Bonchev–Trinajstić information content (AvgIpc) is 3.09. The highest BCUT2D eigenvalue weighted by Crippen LogP contribution is 2.33. The number of piperidine rings is 1. The van der Waals surface area contributed by atoms with Crippen LogP contribution in [0.25, 0.3) is 11.0 Å². The van der Waals surface area contributed by atoms with E-state index < -0.39 is 12.0 Å². The number of carboxylic acid groups (broad SMARTS) is 1. The molecule has 1 saturated heterocycles. The van der Waals surface area contributed by atoms with E-state index in [1.54, 1.807) is 26.0 Å². The number of aromatic nitrogens is 2. The quantitative estimate of drug-likeness (QED) is 0.602. The van der Waals surface area contributed by atoms with Gasteiger partial charge in [-0.2, -0.15) is 0 Å². The predicted molar refractivity (Wildman–Crippen MR) is 120 cm³/mol. The van der Waals surface area contributed by atoms with Crippen LogP contribution in [0.1, 0.15) is 47.6 Å². The van der Waals surface area contributed by atoms with Crippen LogP contribution < -0.4 is 10.6 Å². The number of halogens is 2. The van der Waals surface area contributed by atoms with E-state index in [-0.39, 0.29) is 5.82 Å². The van der Waals surface area contributed by atoms with Crippen molar-refractivity contribution in [2.45, 2.75) is 45.7 Å². The molecule has 2 aromatic carbocycles. The Hall–Kier alpha value is -2.64. The molecule has 1 atom stereocenters. The third-order valence-corrected chi connectivity index (χ3v) is 6.12. The van der Waals surface area contributed by atoms with Gasteiger partial charge in [0.15, 0.2) is 0 Å². The molecule has 8 heteroatoms. The van der Waals surface area contributed by atoms with Gasteiger partial charge in [0.1, 0.15) is 11.9 Å². The fourth-order valence-corrected chi connectivity index (χ4v) is 4.59. The van der Waals surface area contributed by atoms with Crippen molar-refractivity contribution < 1.29 is 14.3 Å². The minimum Gasteiger partial charge on any atom is -0.480 e. The van der Waals surface area contributed by atoms with Gasteiger partial charge in [-0.05, 0) is 61.9 Å². The Morgan fingerprint density at radius 2 is 1.84 bits per heavy atom. The van der Waals surface area contributed by atoms with E-state index in [0.29, 0.717) is 33.8 Å². The fourth-order valence-electron chi connectivity index (χ4n) is 4.37.